The number of benzene rings is 2. The van der Waals surface area contributed by atoms with Crippen LogP contribution in [0, 0.1) is 0 Å². The Morgan fingerprint density at radius 3 is 2.61 bits per heavy atom. The van der Waals surface area contributed by atoms with Gasteiger partial charge in [0.1, 0.15) is 6.33 Å². The molecule has 1 amide bonds. The molecule has 1 aliphatic heterocycles. The molecule has 4 rings (SSSR count). The Bertz CT molecular complexity index is 1100. The second-order valence-electron chi connectivity index (χ2n) is 7.34. The highest BCUT2D eigenvalue weighted by molar-refractivity contribution is 7.92. The number of nitrogens with one attached hydrogen (secondary N) is 1. The van der Waals surface area contributed by atoms with Gasteiger partial charge in [-0.1, -0.05) is 18.2 Å². The maximum Gasteiger partial charge on any atom is 0.251 e. The number of hydrogen-bond donors (Lipinski definition) is 1. The third-order valence-corrected chi connectivity index (χ3v) is 7.56. The van der Waals surface area contributed by atoms with Gasteiger partial charge in [-0.25, -0.2) is 13.1 Å². The smallest absolute Gasteiger partial charge is 0.251 e. The molecule has 0 saturated carbocycles. The zero-order valence-corrected chi connectivity index (χ0v) is 17.6. The van der Waals surface area contributed by atoms with Crippen LogP contribution >= 0.6 is 0 Å². The minimum Gasteiger partial charge on any atom is -0.378 e. The number of carbonyl (C=O) groups is 1. The molecule has 1 saturated heterocycles. The molecule has 0 aliphatic carbocycles. The van der Waals surface area contributed by atoms with Gasteiger partial charge in [0.2, 0.25) is 0 Å². The lowest BCUT2D eigenvalue weighted by molar-refractivity contribution is 0.0132. The lowest BCUT2D eigenvalue weighted by Crippen LogP contribution is -2.36. The monoisotopic (exact) mass is 441 g/mol. The molecule has 3 aromatic rings. The Labute approximate surface area is 180 Å². The maximum atomic E-state index is 12.9. The third-order valence-electron chi connectivity index (χ3n) is 5.32. The Hall–Kier alpha value is -3.11. The molecule has 10 heteroatoms. The molecule has 9 nitrogen and oxygen atoms in total. The van der Waals surface area contributed by atoms with E-state index in [-0.39, 0.29) is 12.0 Å². The molecule has 0 unspecified atom stereocenters. The van der Waals surface area contributed by atoms with Crippen LogP contribution in [0.1, 0.15) is 29.6 Å². The molecule has 2 atom stereocenters. The Kier molecular flexibility index (Phi) is 6.38. The molecule has 31 heavy (non-hydrogen) atoms. The van der Waals surface area contributed by atoms with Gasteiger partial charge in [0.05, 0.1) is 21.9 Å². The predicted molar refractivity (Wildman–Crippen MR) is 112 cm³/mol. The second kappa shape index (κ2) is 9.36. The van der Waals surface area contributed by atoms with Crippen molar-refractivity contribution in [2.75, 3.05) is 13.2 Å². The van der Waals surface area contributed by atoms with E-state index in [9.17, 15) is 13.2 Å². The number of amides is 1. The van der Waals surface area contributed by atoms with Crippen LogP contribution < -0.4 is 5.32 Å². The molecule has 1 aliphatic rings. The highest BCUT2D eigenvalue weighted by Crippen LogP contribution is 2.27. The average molecular weight is 442 g/mol. The highest BCUT2D eigenvalue weighted by Gasteiger charge is 2.33. The van der Waals surface area contributed by atoms with E-state index in [1.54, 1.807) is 54.6 Å². The fourth-order valence-corrected chi connectivity index (χ4v) is 5.42. The van der Waals surface area contributed by atoms with E-state index in [0.717, 1.165) is 5.69 Å². The first-order valence-electron chi connectivity index (χ1n) is 10.1. The molecule has 0 bridgehead atoms. The molecule has 1 N–H and O–H groups in total. The van der Waals surface area contributed by atoms with Crippen LogP contribution in [0.15, 0.2) is 65.8 Å². The number of ether oxygens (including phenoxy) is 1. The number of tetrazole rings is 1. The first-order chi connectivity index (χ1) is 15.0. The quantitative estimate of drug-likeness (QED) is 0.594. The van der Waals surface area contributed by atoms with Crippen LogP contribution in [0.25, 0.3) is 5.69 Å². The van der Waals surface area contributed by atoms with Crippen LogP contribution in [0.5, 0.6) is 0 Å². The number of nitrogens with zero attached hydrogens (tertiary/aromatic N) is 4. The summed E-state index contributed by atoms with van der Waals surface area (Å²) >= 11 is 0. The molecular weight excluding hydrogens is 418 g/mol. The van der Waals surface area contributed by atoms with Gasteiger partial charge in [-0.05, 0) is 66.1 Å². The van der Waals surface area contributed by atoms with Crippen molar-refractivity contribution in [1.29, 1.82) is 0 Å². The number of hydrogen-bond acceptors (Lipinski definition) is 7. The number of sulfone groups is 1. The van der Waals surface area contributed by atoms with Crippen molar-refractivity contribution < 1.29 is 17.9 Å². The first kappa shape index (κ1) is 21.1. The summed E-state index contributed by atoms with van der Waals surface area (Å²) in [5.74, 6) is -0.201. The Morgan fingerprint density at radius 2 is 1.90 bits per heavy atom. The summed E-state index contributed by atoms with van der Waals surface area (Å²) in [6.45, 7) is 0.796. The molecule has 1 fully saturated rings. The van der Waals surface area contributed by atoms with E-state index >= 15 is 0 Å². The molecule has 0 radical (unpaired) electrons. The molecule has 1 aromatic heterocycles. The van der Waals surface area contributed by atoms with Crippen LogP contribution in [0.3, 0.4) is 0 Å². The van der Waals surface area contributed by atoms with Crippen LogP contribution in [-0.2, 0) is 14.6 Å². The van der Waals surface area contributed by atoms with Crippen molar-refractivity contribution in [2.45, 2.75) is 35.5 Å². The van der Waals surface area contributed by atoms with Gasteiger partial charge >= 0.3 is 0 Å². The van der Waals surface area contributed by atoms with Crippen LogP contribution in [-0.4, -0.2) is 59.0 Å². The van der Waals surface area contributed by atoms with Crippen molar-refractivity contribution in [3.63, 3.8) is 0 Å². The fourth-order valence-electron chi connectivity index (χ4n) is 3.62. The van der Waals surface area contributed by atoms with Crippen molar-refractivity contribution >= 4 is 15.7 Å². The lowest BCUT2D eigenvalue weighted by Gasteiger charge is -2.29. The topological polar surface area (TPSA) is 116 Å². The van der Waals surface area contributed by atoms with E-state index in [1.807, 2.05) is 0 Å². The summed E-state index contributed by atoms with van der Waals surface area (Å²) in [5, 5.41) is 13.4. The van der Waals surface area contributed by atoms with Crippen molar-refractivity contribution in [2.24, 2.45) is 0 Å². The number of aromatic nitrogens is 4. The second-order valence-corrected chi connectivity index (χ2v) is 9.57. The maximum absolute atomic E-state index is 12.9. The normalized spacial score (nSPS) is 19.1. The van der Waals surface area contributed by atoms with Crippen molar-refractivity contribution in [1.82, 2.24) is 25.5 Å². The minimum absolute atomic E-state index is 0.201. The van der Waals surface area contributed by atoms with Gasteiger partial charge in [0.25, 0.3) is 5.91 Å². The summed E-state index contributed by atoms with van der Waals surface area (Å²) in [7, 11) is -3.39. The Morgan fingerprint density at radius 1 is 1.13 bits per heavy atom. The average Bonchev–Trinajstić information content (AvgIpc) is 3.35. The first-order valence-corrected chi connectivity index (χ1v) is 11.6. The molecule has 2 heterocycles. The van der Waals surface area contributed by atoms with Gasteiger partial charge in [-0.2, -0.15) is 0 Å². The molecular formula is C21H23N5O4S. The third kappa shape index (κ3) is 4.97. The molecule has 0 spiro atoms. The van der Waals surface area contributed by atoms with Gasteiger partial charge in [-0.15, -0.1) is 5.10 Å². The van der Waals surface area contributed by atoms with Gasteiger partial charge < -0.3 is 10.1 Å². The van der Waals surface area contributed by atoms with Gasteiger partial charge in [-0.3, -0.25) is 4.79 Å². The van der Waals surface area contributed by atoms with Crippen molar-refractivity contribution in [3.05, 3.63) is 66.5 Å². The van der Waals surface area contributed by atoms with E-state index in [4.69, 9.17) is 4.74 Å². The number of carbonyl (C=O) groups excluding carboxylic acids is 1. The molecule has 162 valence electrons. The Balaban J connectivity index is 1.29. The SMILES string of the molecule is O=C(NCC[C@@H]1C[C@@H](S(=O)(=O)c2ccccc2)CCO1)c1ccc(-n2cnnn2)cc1. The number of rotatable bonds is 7. The van der Waals surface area contributed by atoms with E-state index in [0.29, 0.717) is 42.9 Å². The highest BCUT2D eigenvalue weighted by atomic mass is 32.2. The zero-order chi connectivity index (χ0) is 21.7. The molecule has 2 aromatic carbocycles. The summed E-state index contributed by atoms with van der Waals surface area (Å²) in [5.41, 5.74) is 1.27. The minimum atomic E-state index is -3.39. The lowest BCUT2D eigenvalue weighted by atomic mass is 10.1. The van der Waals surface area contributed by atoms with E-state index < -0.39 is 15.1 Å². The van der Waals surface area contributed by atoms with E-state index in [2.05, 4.69) is 20.8 Å². The summed E-state index contributed by atoms with van der Waals surface area (Å²) in [4.78, 5) is 12.7. The summed E-state index contributed by atoms with van der Waals surface area (Å²) in [6.07, 6.45) is 2.72. The standard InChI is InChI=1S/C21H23N5O4S/c27-21(16-6-8-17(9-7-16)26-15-23-24-25-26)22-12-10-18-14-20(11-13-30-18)31(28,29)19-4-2-1-3-5-19/h1-9,15,18,20H,10-14H2,(H,22,27)/t18-,20+/m1/s1. The van der Waals surface area contributed by atoms with Gasteiger partial charge in [0.15, 0.2) is 9.84 Å². The summed E-state index contributed by atoms with van der Waals surface area (Å²) < 4.78 is 33.0. The largest absolute Gasteiger partial charge is 0.378 e. The van der Waals surface area contributed by atoms with Crippen LogP contribution in [0.2, 0.25) is 0 Å². The van der Waals surface area contributed by atoms with E-state index in [1.165, 1.54) is 11.0 Å². The van der Waals surface area contributed by atoms with Crippen LogP contribution in [0.4, 0.5) is 0 Å². The van der Waals surface area contributed by atoms with Crippen molar-refractivity contribution in [3.8, 4) is 5.69 Å². The summed E-state index contributed by atoms with van der Waals surface area (Å²) in [6, 6.07) is 15.4. The zero-order valence-electron chi connectivity index (χ0n) is 16.8. The fraction of sp³-hybridized carbons (Fsp3) is 0.333. The van der Waals surface area contributed by atoms with Gasteiger partial charge in [0, 0.05) is 18.7 Å². The predicted octanol–water partition coefficient (Wildman–Crippen LogP) is 1.80.